The minimum Gasteiger partial charge on any atom is -0.486 e. The van der Waals surface area contributed by atoms with Crippen LogP contribution in [0.3, 0.4) is 0 Å². The van der Waals surface area contributed by atoms with Crippen LogP contribution in [0.15, 0.2) is 41.6 Å². The number of hydrogen-bond donors (Lipinski definition) is 0. The fraction of sp³-hybridized carbons (Fsp3) is 0.286. The van der Waals surface area contributed by atoms with Crippen molar-refractivity contribution >= 4 is 23.4 Å². The zero-order chi connectivity index (χ0) is 14.5. The molecule has 1 heterocycles. The molecule has 0 aliphatic heterocycles. The van der Waals surface area contributed by atoms with Gasteiger partial charge in [-0.05, 0) is 31.2 Å². The fourth-order valence-electron chi connectivity index (χ4n) is 1.46. The lowest BCUT2D eigenvalue weighted by atomic mass is 10.3. The summed E-state index contributed by atoms with van der Waals surface area (Å²) in [6.07, 6.45) is 0. The number of ether oxygens (including phenoxy) is 1. The average Bonchev–Trinajstić information content (AvgIpc) is 2.77. The molecule has 6 heteroatoms. The van der Waals surface area contributed by atoms with E-state index in [0.717, 1.165) is 28.1 Å². The van der Waals surface area contributed by atoms with Crippen LogP contribution in [0.25, 0.3) is 0 Å². The van der Waals surface area contributed by atoms with Gasteiger partial charge in [-0.3, -0.25) is 0 Å². The number of thioether (sulfide) groups is 1. The van der Waals surface area contributed by atoms with Gasteiger partial charge in [-0.15, -0.1) is 10.2 Å². The molecule has 0 aliphatic carbocycles. The summed E-state index contributed by atoms with van der Waals surface area (Å²) in [5.74, 6) is 2.38. The fourth-order valence-corrected chi connectivity index (χ4v) is 2.36. The zero-order valence-electron chi connectivity index (χ0n) is 11.5. The van der Waals surface area contributed by atoms with Crippen LogP contribution < -0.4 is 4.74 Å². The molecule has 2 aromatic rings. The Hall–Kier alpha value is -1.46. The van der Waals surface area contributed by atoms with Crippen molar-refractivity contribution in [1.82, 2.24) is 14.8 Å². The van der Waals surface area contributed by atoms with Crippen LogP contribution in [0.1, 0.15) is 12.7 Å². The number of halogens is 1. The standard InChI is InChI=1S/C14H16ClN3OS/c1-10(2)9-20-14-17-16-13(18(14)3)8-19-12-6-4-11(15)5-7-12/h4-7H,1,8-9H2,2-3H3. The summed E-state index contributed by atoms with van der Waals surface area (Å²) >= 11 is 7.44. The van der Waals surface area contributed by atoms with E-state index in [9.17, 15) is 0 Å². The molecule has 0 saturated carbocycles. The van der Waals surface area contributed by atoms with Crippen molar-refractivity contribution in [3.05, 3.63) is 47.3 Å². The van der Waals surface area contributed by atoms with E-state index in [1.165, 1.54) is 0 Å². The van der Waals surface area contributed by atoms with E-state index in [1.807, 2.05) is 30.7 Å². The topological polar surface area (TPSA) is 39.9 Å². The van der Waals surface area contributed by atoms with Crippen LogP contribution in [0.4, 0.5) is 0 Å². The molecule has 0 unspecified atom stereocenters. The summed E-state index contributed by atoms with van der Waals surface area (Å²) in [7, 11) is 1.93. The molecule has 106 valence electrons. The number of benzene rings is 1. The highest BCUT2D eigenvalue weighted by molar-refractivity contribution is 7.99. The van der Waals surface area contributed by atoms with Crippen molar-refractivity contribution in [2.24, 2.45) is 7.05 Å². The van der Waals surface area contributed by atoms with Crippen molar-refractivity contribution in [2.45, 2.75) is 18.7 Å². The largest absolute Gasteiger partial charge is 0.486 e. The Balaban J connectivity index is 1.96. The summed E-state index contributed by atoms with van der Waals surface area (Å²) < 4.78 is 7.59. The van der Waals surface area contributed by atoms with Crippen LogP contribution in [0.5, 0.6) is 5.75 Å². The van der Waals surface area contributed by atoms with Crippen molar-refractivity contribution in [3.63, 3.8) is 0 Å². The second kappa shape index (κ2) is 6.81. The lowest BCUT2D eigenvalue weighted by molar-refractivity contribution is 0.290. The van der Waals surface area contributed by atoms with E-state index in [2.05, 4.69) is 16.8 Å². The number of hydrogen-bond acceptors (Lipinski definition) is 4. The molecule has 0 spiro atoms. The summed E-state index contributed by atoms with van der Waals surface area (Å²) in [4.78, 5) is 0. The molecule has 0 N–H and O–H groups in total. The second-order valence-electron chi connectivity index (χ2n) is 4.45. The van der Waals surface area contributed by atoms with Gasteiger partial charge in [-0.2, -0.15) is 0 Å². The van der Waals surface area contributed by atoms with E-state index in [1.54, 1.807) is 23.9 Å². The molecule has 0 amide bonds. The van der Waals surface area contributed by atoms with Gasteiger partial charge in [-0.1, -0.05) is 35.5 Å². The van der Waals surface area contributed by atoms with Gasteiger partial charge in [0.15, 0.2) is 11.0 Å². The third kappa shape index (κ3) is 4.02. The molecule has 2 rings (SSSR count). The van der Waals surface area contributed by atoms with Gasteiger partial charge >= 0.3 is 0 Å². The second-order valence-corrected chi connectivity index (χ2v) is 5.83. The first-order valence-corrected chi connectivity index (χ1v) is 7.46. The molecule has 4 nitrogen and oxygen atoms in total. The van der Waals surface area contributed by atoms with Crippen LogP contribution in [-0.4, -0.2) is 20.5 Å². The van der Waals surface area contributed by atoms with E-state index in [0.29, 0.717) is 11.6 Å². The molecule has 1 aromatic heterocycles. The highest BCUT2D eigenvalue weighted by Gasteiger charge is 2.09. The third-order valence-corrected chi connectivity index (χ3v) is 4.06. The molecule has 0 fully saturated rings. The lowest BCUT2D eigenvalue weighted by Gasteiger charge is -2.06. The molecule has 0 atom stereocenters. The maximum atomic E-state index is 5.83. The van der Waals surface area contributed by atoms with Crippen molar-refractivity contribution < 1.29 is 4.74 Å². The SMILES string of the molecule is C=C(C)CSc1nnc(COc2ccc(Cl)cc2)n1C. The van der Waals surface area contributed by atoms with Gasteiger partial charge < -0.3 is 9.30 Å². The van der Waals surface area contributed by atoms with Crippen molar-refractivity contribution in [1.29, 1.82) is 0 Å². The van der Waals surface area contributed by atoms with Gasteiger partial charge in [0.1, 0.15) is 12.4 Å². The number of rotatable bonds is 6. The molecule has 20 heavy (non-hydrogen) atoms. The first kappa shape index (κ1) is 14.9. The van der Waals surface area contributed by atoms with Gasteiger partial charge in [0.05, 0.1) is 0 Å². The van der Waals surface area contributed by atoms with E-state index < -0.39 is 0 Å². The zero-order valence-corrected chi connectivity index (χ0v) is 13.0. The first-order chi connectivity index (χ1) is 9.56. The molecule has 0 bridgehead atoms. The van der Waals surface area contributed by atoms with E-state index in [-0.39, 0.29) is 0 Å². The first-order valence-electron chi connectivity index (χ1n) is 6.10. The molecule has 0 saturated heterocycles. The minimum atomic E-state index is 0.374. The Morgan fingerprint density at radius 1 is 1.35 bits per heavy atom. The van der Waals surface area contributed by atoms with Gasteiger partial charge in [0.25, 0.3) is 0 Å². The Labute approximate surface area is 127 Å². The van der Waals surface area contributed by atoms with Crippen LogP contribution in [0.2, 0.25) is 5.02 Å². The van der Waals surface area contributed by atoms with Crippen molar-refractivity contribution in [3.8, 4) is 5.75 Å². The van der Waals surface area contributed by atoms with E-state index >= 15 is 0 Å². The lowest BCUT2D eigenvalue weighted by Crippen LogP contribution is -2.04. The number of aromatic nitrogens is 3. The quantitative estimate of drug-likeness (QED) is 0.602. The van der Waals surface area contributed by atoms with Gasteiger partial charge in [0, 0.05) is 17.8 Å². The molecule has 0 aliphatic rings. The highest BCUT2D eigenvalue weighted by Crippen LogP contribution is 2.19. The van der Waals surface area contributed by atoms with E-state index in [4.69, 9.17) is 16.3 Å². The summed E-state index contributed by atoms with van der Waals surface area (Å²) in [5, 5.41) is 9.84. The Bertz CT molecular complexity index is 595. The summed E-state index contributed by atoms with van der Waals surface area (Å²) in [6.45, 7) is 6.24. The van der Waals surface area contributed by atoms with Gasteiger partial charge in [-0.25, -0.2) is 0 Å². The number of nitrogens with zero attached hydrogens (tertiary/aromatic N) is 3. The maximum absolute atomic E-state index is 5.83. The minimum absolute atomic E-state index is 0.374. The third-order valence-electron chi connectivity index (χ3n) is 2.55. The smallest absolute Gasteiger partial charge is 0.191 e. The predicted molar refractivity (Wildman–Crippen MR) is 82.3 cm³/mol. The molecule has 1 aromatic carbocycles. The molecular weight excluding hydrogens is 294 g/mol. The Morgan fingerprint density at radius 2 is 2.05 bits per heavy atom. The molecular formula is C14H16ClN3OS. The Morgan fingerprint density at radius 3 is 2.70 bits per heavy atom. The van der Waals surface area contributed by atoms with Gasteiger partial charge in [0.2, 0.25) is 0 Å². The predicted octanol–water partition coefficient (Wildman–Crippen LogP) is 3.72. The van der Waals surface area contributed by atoms with Crippen molar-refractivity contribution in [2.75, 3.05) is 5.75 Å². The monoisotopic (exact) mass is 309 g/mol. The summed E-state index contributed by atoms with van der Waals surface area (Å²) in [6, 6.07) is 7.24. The average molecular weight is 310 g/mol. The maximum Gasteiger partial charge on any atom is 0.191 e. The molecule has 0 radical (unpaired) electrons. The van der Waals surface area contributed by atoms with Crippen LogP contribution in [0, 0.1) is 0 Å². The highest BCUT2D eigenvalue weighted by atomic mass is 35.5. The van der Waals surface area contributed by atoms with Crippen LogP contribution >= 0.6 is 23.4 Å². The van der Waals surface area contributed by atoms with Crippen LogP contribution in [-0.2, 0) is 13.7 Å². The normalized spacial score (nSPS) is 10.6. The summed E-state index contributed by atoms with van der Waals surface area (Å²) in [5.41, 5.74) is 1.11. The Kier molecular flexibility index (Phi) is 5.09.